The van der Waals surface area contributed by atoms with Crippen LogP contribution in [0.4, 0.5) is 5.69 Å². The predicted molar refractivity (Wildman–Crippen MR) is 110 cm³/mol. The van der Waals surface area contributed by atoms with Crippen molar-refractivity contribution >= 4 is 27.5 Å². The molecular weight excluding hydrogens is 442 g/mol. The van der Waals surface area contributed by atoms with Crippen molar-refractivity contribution in [1.29, 1.82) is 0 Å². The van der Waals surface area contributed by atoms with Gasteiger partial charge in [-0.1, -0.05) is 34.1 Å². The number of nitro groups is 1. The summed E-state index contributed by atoms with van der Waals surface area (Å²) in [6.07, 6.45) is 0. The summed E-state index contributed by atoms with van der Waals surface area (Å²) in [5, 5.41) is 15.2. The highest BCUT2D eigenvalue weighted by molar-refractivity contribution is 9.10. The first kappa shape index (κ1) is 19.7. The van der Waals surface area contributed by atoms with Crippen LogP contribution in [0.25, 0.3) is 0 Å². The Balaban J connectivity index is 1.91. The van der Waals surface area contributed by atoms with Crippen LogP contribution in [-0.4, -0.2) is 49.6 Å². The minimum atomic E-state index is -1.38. The minimum absolute atomic E-state index is 0.334. The zero-order valence-electron chi connectivity index (χ0n) is 16.1. The van der Waals surface area contributed by atoms with Gasteiger partial charge in [0.05, 0.1) is 20.1 Å². The maximum atomic E-state index is 13.2. The number of ether oxygens (including phenoxy) is 2. The molecular formula is C20H20BrN3O5. The lowest BCUT2D eigenvalue weighted by molar-refractivity contribution is -0.534. The molecule has 2 aromatic carbocycles. The number of methoxy groups -OCH3 is 2. The van der Waals surface area contributed by atoms with E-state index in [9.17, 15) is 14.9 Å². The third-order valence-electron chi connectivity index (χ3n) is 5.94. The van der Waals surface area contributed by atoms with Crippen LogP contribution in [0, 0.1) is 10.1 Å². The van der Waals surface area contributed by atoms with Crippen LogP contribution >= 0.6 is 15.9 Å². The first-order chi connectivity index (χ1) is 13.9. The van der Waals surface area contributed by atoms with E-state index < -0.39 is 17.5 Å². The largest absolute Gasteiger partial charge is 0.493 e. The molecule has 3 atom stereocenters. The lowest BCUT2D eigenvalue weighted by Crippen LogP contribution is -2.54. The van der Waals surface area contributed by atoms with Crippen LogP contribution in [0.5, 0.6) is 11.5 Å². The van der Waals surface area contributed by atoms with Crippen LogP contribution in [0.2, 0.25) is 0 Å². The average molecular weight is 462 g/mol. The van der Waals surface area contributed by atoms with Crippen molar-refractivity contribution in [2.45, 2.75) is 17.5 Å². The molecule has 29 heavy (non-hydrogen) atoms. The van der Waals surface area contributed by atoms with Crippen molar-refractivity contribution in [1.82, 2.24) is 4.90 Å². The Labute approximate surface area is 176 Å². The van der Waals surface area contributed by atoms with Gasteiger partial charge in [-0.2, -0.15) is 0 Å². The van der Waals surface area contributed by atoms with Crippen molar-refractivity contribution in [2.24, 2.45) is 0 Å². The number of anilines is 1. The number of benzene rings is 2. The van der Waals surface area contributed by atoms with Crippen molar-refractivity contribution in [3.63, 3.8) is 0 Å². The maximum Gasteiger partial charge on any atom is 0.256 e. The summed E-state index contributed by atoms with van der Waals surface area (Å²) in [7, 11) is 4.80. The topological polar surface area (TPSA) is 93.9 Å². The first-order valence-electron chi connectivity index (χ1n) is 9.03. The number of likely N-dealkylation sites (N-methyl/N-ethyl adjacent to an activating group) is 1. The van der Waals surface area contributed by atoms with Crippen molar-refractivity contribution in [2.75, 3.05) is 33.1 Å². The zero-order chi connectivity index (χ0) is 20.9. The Morgan fingerprint density at radius 3 is 2.55 bits per heavy atom. The number of carbonyl (C=O) groups excluding carboxylic acids is 1. The van der Waals surface area contributed by atoms with Gasteiger partial charge >= 0.3 is 0 Å². The van der Waals surface area contributed by atoms with E-state index in [4.69, 9.17) is 9.47 Å². The quantitative estimate of drug-likeness (QED) is 0.555. The van der Waals surface area contributed by atoms with Crippen LogP contribution in [0.1, 0.15) is 17.0 Å². The van der Waals surface area contributed by atoms with Gasteiger partial charge in [-0.05, 0) is 30.8 Å². The van der Waals surface area contributed by atoms with Crippen molar-refractivity contribution < 1.29 is 19.2 Å². The Morgan fingerprint density at radius 1 is 1.24 bits per heavy atom. The van der Waals surface area contributed by atoms with Gasteiger partial charge < -0.3 is 14.8 Å². The highest BCUT2D eigenvalue weighted by atomic mass is 79.9. The highest BCUT2D eigenvalue weighted by Gasteiger charge is 2.68. The summed E-state index contributed by atoms with van der Waals surface area (Å²) < 4.78 is 11.4. The molecule has 1 fully saturated rings. The van der Waals surface area contributed by atoms with Crippen molar-refractivity contribution in [3.8, 4) is 11.5 Å². The molecule has 0 unspecified atom stereocenters. The fourth-order valence-corrected chi connectivity index (χ4v) is 5.33. The molecule has 1 N–H and O–H groups in total. The molecule has 0 saturated carbocycles. The molecule has 0 radical (unpaired) electrons. The van der Waals surface area contributed by atoms with E-state index in [1.165, 1.54) is 14.2 Å². The number of hydrogen-bond donors (Lipinski definition) is 1. The Bertz CT molecular complexity index is 1010. The summed E-state index contributed by atoms with van der Waals surface area (Å²) in [6.45, 7) is 0.335. The number of rotatable bonds is 4. The third kappa shape index (κ3) is 2.64. The summed E-state index contributed by atoms with van der Waals surface area (Å²) in [6, 6.07) is 9.46. The summed E-state index contributed by atoms with van der Waals surface area (Å²) in [5.41, 5.74) is 0.568. The number of fused-ring (bicyclic) bond motifs is 2. The van der Waals surface area contributed by atoms with E-state index in [0.717, 1.165) is 0 Å². The number of halogens is 1. The molecule has 8 nitrogen and oxygen atoms in total. The van der Waals surface area contributed by atoms with E-state index in [1.807, 2.05) is 0 Å². The summed E-state index contributed by atoms with van der Waals surface area (Å²) in [5.74, 6) is 0.0848. The van der Waals surface area contributed by atoms with E-state index in [0.29, 0.717) is 39.3 Å². The van der Waals surface area contributed by atoms with Gasteiger partial charge in [0.15, 0.2) is 17.0 Å². The number of likely N-dealkylation sites (tertiary alicyclic amines) is 1. The van der Waals surface area contributed by atoms with Gasteiger partial charge in [0.2, 0.25) is 0 Å². The second-order valence-corrected chi connectivity index (χ2v) is 8.07. The fraction of sp³-hybridized carbons (Fsp3) is 0.350. The van der Waals surface area contributed by atoms with E-state index in [1.54, 1.807) is 48.3 Å². The van der Waals surface area contributed by atoms with Crippen LogP contribution in [-0.2, 0) is 10.3 Å². The second kappa shape index (κ2) is 7.00. The molecule has 1 spiro atoms. The van der Waals surface area contributed by atoms with Gasteiger partial charge in [-0.15, -0.1) is 0 Å². The maximum absolute atomic E-state index is 13.2. The molecule has 2 aliphatic heterocycles. The monoisotopic (exact) mass is 461 g/mol. The molecule has 9 heteroatoms. The van der Waals surface area contributed by atoms with E-state index >= 15 is 0 Å². The van der Waals surface area contributed by atoms with Gasteiger partial charge in [0.1, 0.15) is 0 Å². The normalized spacial score (nSPS) is 25.7. The fourth-order valence-electron chi connectivity index (χ4n) is 4.71. The van der Waals surface area contributed by atoms with Gasteiger partial charge in [-0.3, -0.25) is 19.8 Å². The van der Waals surface area contributed by atoms with Gasteiger partial charge in [-0.25, -0.2) is 0 Å². The minimum Gasteiger partial charge on any atom is -0.493 e. The average Bonchev–Trinajstić information content (AvgIpc) is 3.17. The standard InChI is InChI=1S/C20H20BrN3O5/c1-23-10-12(11-8-16(28-2)17(29-3)9-14(11)21)18(24(26)27)20(23)13-6-4-5-7-15(13)22-19(20)25/h4-9,12,18H,10H2,1-3H3,(H,22,25)/t12-,18+,20-/m0/s1. The molecule has 0 aromatic heterocycles. The first-order valence-corrected chi connectivity index (χ1v) is 9.82. The smallest absolute Gasteiger partial charge is 0.256 e. The molecule has 4 rings (SSSR count). The third-order valence-corrected chi connectivity index (χ3v) is 6.63. The number of hydrogen-bond acceptors (Lipinski definition) is 6. The molecule has 1 saturated heterocycles. The number of para-hydroxylation sites is 1. The second-order valence-electron chi connectivity index (χ2n) is 7.21. The molecule has 2 aromatic rings. The number of amides is 1. The predicted octanol–water partition coefficient (Wildman–Crippen LogP) is 2.99. The Kier molecular flexibility index (Phi) is 4.74. The number of nitrogens with zero attached hydrogens (tertiary/aromatic N) is 2. The SMILES string of the molecule is COc1cc(Br)c([C@@H]2CN(C)[C@]3(C(=O)Nc4ccccc43)[C@@H]2[N+](=O)[O-])cc1OC. The lowest BCUT2D eigenvalue weighted by Gasteiger charge is -2.30. The molecule has 2 heterocycles. The van der Waals surface area contributed by atoms with Crippen LogP contribution < -0.4 is 14.8 Å². The molecule has 2 aliphatic rings. The van der Waals surface area contributed by atoms with Crippen LogP contribution in [0.3, 0.4) is 0 Å². The number of carbonyl (C=O) groups is 1. The molecule has 0 aliphatic carbocycles. The highest BCUT2D eigenvalue weighted by Crippen LogP contribution is 2.53. The van der Waals surface area contributed by atoms with Crippen LogP contribution in [0.15, 0.2) is 40.9 Å². The van der Waals surface area contributed by atoms with E-state index in [-0.39, 0.29) is 10.8 Å². The molecule has 1 amide bonds. The van der Waals surface area contributed by atoms with Gasteiger partial charge in [0, 0.05) is 27.2 Å². The molecule has 152 valence electrons. The van der Waals surface area contributed by atoms with Crippen molar-refractivity contribution in [3.05, 3.63) is 62.1 Å². The Morgan fingerprint density at radius 2 is 1.90 bits per heavy atom. The van der Waals surface area contributed by atoms with E-state index in [2.05, 4.69) is 21.2 Å². The summed E-state index contributed by atoms with van der Waals surface area (Å²) >= 11 is 3.52. The lowest BCUT2D eigenvalue weighted by atomic mass is 9.79. The zero-order valence-corrected chi connectivity index (χ0v) is 17.7. The molecule has 0 bridgehead atoms. The van der Waals surface area contributed by atoms with Gasteiger partial charge in [0.25, 0.3) is 11.9 Å². The number of nitrogens with one attached hydrogen (secondary N) is 1. The Hall–Kier alpha value is -2.65. The summed E-state index contributed by atoms with van der Waals surface area (Å²) in [4.78, 5) is 27.0.